The molecule has 0 amide bonds. The van der Waals surface area contributed by atoms with Crippen molar-refractivity contribution in [3.05, 3.63) is 11.9 Å². The standard InChI is InChI=1S/C12H23N3OS/c1-10-8-15(11(2)9-16-3)12(14-10)13-6-5-7-17-4/h8,11H,5-7,9H2,1-4H3,(H,13,14). The van der Waals surface area contributed by atoms with E-state index in [9.17, 15) is 0 Å². The lowest BCUT2D eigenvalue weighted by Crippen LogP contribution is -2.15. The van der Waals surface area contributed by atoms with Gasteiger partial charge in [-0.05, 0) is 32.3 Å². The Balaban J connectivity index is 2.57. The first-order valence-electron chi connectivity index (χ1n) is 5.96. The van der Waals surface area contributed by atoms with Gasteiger partial charge in [0, 0.05) is 19.9 Å². The Morgan fingerprint density at radius 1 is 1.59 bits per heavy atom. The molecule has 1 aromatic heterocycles. The molecule has 0 aliphatic heterocycles. The Labute approximate surface area is 108 Å². The molecule has 1 N–H and O–H groups in total. The summed E-state index contributed by atoms with van der Waals surface area (Å²) >= 11 is 1.87. The molecule has 1 unspecified atom stereocenters. The Hall–Kier alpha value is -0.680. The molecule has 98 valence electrons. The summed E-state index contributed by atoms with van der Waals surface area (Å²) in [6.45, 7) is 5.83. The minimum atomic E-state index is 0.309. The molecular formula is C12H23N3OS. The summed E-state index contributed by atoms with van der Waals surface area (Å²) in [5.74, 6) is 2.13. The van der Waals surface area contributed by atoms with Crippen molar-refractivity contribution < 1.29 is 4.74 Å². The van der Waals surface area contributed by atoms with E-state index in [0.29, 0.717) is 12.6 Å². The van der Waals surface area contributed by atoms with Crippen LogP contribution in [0.15, 0.2) is 6.20 Å². The number of methoxy groups -OCH3 is 1. The van der Waals surface area contributed by atoms with E-state index < -0.39 is 0 Å². The predicted molar refractivity (Wildman–Crippen MR) is 75.0 cm³/mol. The fourth-order valence-corrected chi connectivity index (χ4v) is 2.15. The molecule has 0 aliphatic rings. The van der Waals surface area contributed by atoms with E-state index in [1.165, 1.54) is 5.75 Å². The SMILES string of the molecule is COCC(C)n1cc(C)nc1NCCCSC. The number of imidazole rings is 1. The van der Waals surface area contributed by atoms with E-state index in [1.54, 1.807) is 7.11 Å². The van der Waals surface area contributed by atoms with E-state index in [2.05, 4.69) is 34.2 Å². The van der Waals surface area contributed by atoms with Crippen LogP contribution in [-0.4, -0.2) is 41.8 Å². The molecule has 0 spiro atoms. The molecule has 0 aromatic carbocycles. The van der Waals surface area contributed by atoms with Crippen molar-refractivity contribution in [1.82, 2.24) is 9.55 Å². The molecule has 5 heteroatoms. The summed E-state index contributed by atoms with van der Waals surface area (Å²) in [5.41, 5.74) is 1.04. The Morgan fingerprint density at radius 2 is 2.35 bits per heavy atom. The van der Waals surface area contributed by atoms with Gasteiger partial charge in [-0.15, -0.1) is 0 Å². The zero-order valence-corrected chi connectivity index (χ0v) is 12.0. The summed E-state index contributed by atoms with van der Waals surface area (Å²) in [7, 11) is 1.73. The fraction of sp³-hybridized carbons (Fsp3) is 0.750. The Kier molecular flexibility index (Phi) is 6.44. The van der Waals surface area contributed by atoms with Crippen LogP contribution in [0.4, 0.5) is 5.95 Å². The maximum atomic E-state index is 5.19. The highest BCUT2D eigenvalue weighted by atomic mass is 32.2. The molecule has 17 heavy (non-hydrogen) atoms. The first-order chi connectivity index (χ1) is 8.19. The van der Waals surface area contributed by atoms with Crippen molar-refractivity contribution in [3.8, 4) is 0 Å². The van der Waals surface area contributed by atoms with E-state index in [4.69, 9.17) is 4.74 Å². The second-order valence-corrected chi connectivity index (χ2v) is 5.18. The molecular weight excluding hydrogens is 234 g/mol. The average molecular weight is 257 g/mol. The van der Waals surface area contributed by atoms with Gasteiger partial charge >= 0.3 is 0 Å². The number of aryl methyl sites for hydroxylation is 1. The van der Waals surface area contributed by atoms with Crippen molar-refractivity contribution in [2.75, 3.05) is 37.6 Å². The second-order valence-electron chi connectivity index (χ2n) is 4.19. The third kappa shape index (κ3) is 4.60. The third-order valence-electron chi connectivity index (χ3n) is 2.54. The lowest BCUT2D eigenvalue weighted by atomic mass is 10.3. The van der Waals surface area contributed by atoms with E-state index in [0.717, 1.165) is 24.6 Å². The van der Waals surface area contributed by atoms with Gasteiger partial charge in [0.2, 0.25) is 5.95 Å². The number of hydrogen-bond donors (Lipinski definition) is 1. The summed E-state index contributed by atoms with van der Waals surface area (Å²) in [6.07, 6.45) is 5.36. The number of rotatable bonds is 8. The topological polar surface area (TPSA) is 39.1 Å². The molecule has 0 saturated carbocycles. The van der Waals surface area contributed by atoms with Crippen molar-refractivity contribution >= 4 is 17.7 Å². The highest BCUT2D eigenvalue weighted by molar-refractivity contribution is 7.98. The number of thioether (sulfide) groups is 1. The molecule has 1 atom stereocenters. The number of aromatic nitrogens is 2. The van der Waals surface area contributed by atoms with E-state index in [1.807, 2.05) is 18.7 Å². The number of nitrogens with zero attached hydrogens (tertiary/aromatic N) is 2. The molecule has 0 fully saturated rings. The fourth-order valence-electron chi connectivity index (χ4n) is 1.72. The lowest BCUT2D eigenvalue weighted by Gasteiger charge is -2.16. The van der Waals surface area contributed by atoms with Crippen LogP contribution in [0.2, 0.25) is 0 Å². The summed E-state index contributed by atoms with van der Waals surface area (Å²) in [4.78, 5) is 4.50. The van der Waals surface area contributed by atoms with Gasteiger partial charge in [0.05, 0.1) is 18.3 Å². The molecule has 4 nitrogen and oxygen atoms in total. The summed E-state index contributed by atoms with van der Waals surface area (Å²) in [5, 5.41) is 3.39. The van der Waals surface area contributed by atoms with Crippen LogP contribution < -0.4 is 5.32 Å². The number of anilines is 1. The molecule has 0 bridgehead atoms. The van der Waals surface area contributed by atoms with Crippen molar-refractivity contribution in [1.29, 1.82) is 0 Å². The van der Waals surface area contributed by atoms with Gasteiger partial charge in [-0.1, -0.05) is 0 Å². The minimum Gasteiger partial charge on any atom is -0.383 e. The zero-order valence-electron chi connectivity index (χ0n) is 11.2. The third-order valence-corrected chi connectivity index (χ3v) is 3.24. The van der Waals surface area contributed by atoms with Gasteiger partial charge < -0.3 is 14.6 Å². The maximum Gasteiger partial charge on any atom is 0.203 e. The zero-order chi connectivity index (χ0) is 12.7. The van der Waals surface area contributed by atoms with Crippen LogP contribution in [0.1, 0.15) is 25.1 Å². The van der Waals surface area contributed by atoms with Gasteiger partial charge in [0.1, 0.15) is 0 Å². The van der Waals surface area contributed by atoms with Gasteiger partial charge in [-0.2, -0.15) is 11.8 Å². The van der Waals surface area contributed by atoms with E-state index in [-0.39, 0.29) is 0 Å². The van der Waals surface area contributed by atoms with Gasteiger partial charge in [0.15, 0.2) is 0 Å². The van der Waals surface area contributed by atoms with Crippen LogP contribution in [0.5, 0.6) is 0 Å². The monoisotopic (exact) mass is 257 g/mol. The molecule has 0 radical (unpaired) electrons. The first-order valence-corrected chi connectivity index (χ1v) is 7.35. The Bertz CT molecular complexity index is 328. The maximum absolute atomic E-state index is 5.19. The van der Waals surface area contributed by atoms with E-state index >= 15 is 0 Å². The number of hydrogen-bond acceptors (Lipinski definition) is 4. The van der Waals surface area contributed by atoms with Crippen molar-refractivity contribution in [3.63, 3.8) is 0 Å². The highest BCUT2D eigenvalue weighted by Gasteiger charge is 2.11. The molecule has 1 rings (SSSR count). The first kappa shape index (κ1) is 14.4. The second kappa shape index (κ2) is 7.61. The van der Waals surface area contributed by atoms with Crippen LogP contribution in [0.3, 0.4) is 0 Å². The largest absolute Gasteiger partial charge is 0.383 e. The smallest absolute Gasteiger partial charge is 0.203 e. The Morgan fingerprint density at radius 3 is 3.00 bits per heavy atom. The highest BCUT2D eigenvalue weighted by Crippen LogP contribution is 2.16. The molecule has 0 saturated heterocycles. The van der Waals surface area contributed by atoms with Crippen molar-refractivity contribution in [2.24, 2.45) is 0 Å². The van der Waals surface area contributed by atoms with Crippen LogP contribution in [0, 0.1) is 6.92 Å². The van der Waals surface area contributed by atoms with Crippen LogP contribution in [-0.2, 0) is 4.74 Å². The number of nitrogens with one attached hydrogen (secondary N) is 1. The van der Waals surface area contributed by atoms with Crippen molar-refractivity contribution in [2.45, 2.75) is 26.3 Å². The van der Waals surface area contributed by atoms with Crippen LogP contribution >= 0.6 is 11.8 Å². The quantitative estimate of drug-likeness (QED) is 0.727. The van der Waals surface area contributed by atoms with Gasteiger partial charge in [0.25, 0.3) is 0 Å². The normalized spacial score (nSPS) is 12.7. The van der Waals surface area contributed by atoms with Gasteiger partial charge in [-0.25, -0.2) is 4.98 Å². The van der Waals surface area contributed by atoms with Crippen LogP contribution in [0.25, 0.3) is 0 Å². The minimum absolute atomic E-state index is 0.309. The predicted octanol–water partition coefficient (Wildman–Crippen LogP) is 2.56. The molecule has 1 heterocycles. The molecule has 0 aliphatic carbocycles. The van der Waals surface area contributed by atoms with Gasteiger partial charge in [-0.3, -0.25) is 0 Å². The lowest BCUT2D eigenvalue weighted by molar-refractivity contribution is 0.163. The molecule has 1 aromatic rings. The number of ether oxygens (including phenoxy) is 1. The summed E-state index contributed by atoms with van der Waals surface area (Å²) in [6, 6.07) is 0.309. The average Bonchev–Trinajstić information content (AvgIpc) is 2.66. The summed E-state index contributed by atoms with van der Waals surface area (Å²) < 4.78 is 7.34.